The molecule has 52 valence electrons. The lowest BCUT2D eigenvalue weighted by Gasteiger charge is -2.09. The number of hydrogen-bond donors (Lipinski definition) is 0. The van der Waals surface area contributed by atoms with Gasteiger partial charge in [-0.25, -0.2) is 0 Å². The van der Waals surface area contributed by atoms with Crippen LogP contribution in [0.2, 0.25) is 0 Å². The maximum Gasteiger partial charge on any atom is 0.286 e. The minimum Gasteiger partial charge on any atom is -0.503 e. The van der Waals surface area contributed by atoms with Gasteiger partial charge in [0.1, 0.15) is 15.7 Å². The Labute approximate surface area is 60.8 Å². The Morgan fingerprint density at radius 3 is 2.67 bits per heavy atom. The van der Waals surface area contributed by atoms with Crippen molar-refractivity contribution in [1.82, 2.24) is 0 Å². The van der Waals surface area contributed by atoms with Crippen molar-refractivity contribution in [2.45, 2.75) is 12.8 Å². The van der Waals surface area contributed by atoms with Crippen LogP contribution in [0, 0.1) is 0 Å². The lowest BCUT2D eigenvalue weighted by Crippen LogP contribution is -2.31. The van der Waals surface area contributed by atoms with E-state index in [9.17, 15) is 9.90 Å². The molecule has 1 saturated heterocycles. The van der Waals surface area contributed by atoms with Crippen LogP contribution >= 0.6 is 10.8 Å². The molecule has 0 spiro atoms. The fraction of sp³-hybridized carbons (Fsp3) is 0.800. The van der Waals surface area contributed by atoms with Gasteiger partial charge in [0.15, 0.2) is 0 Å². The van der Waals surface area contributed by atoms with Crippen LogP contribution in [-0.4, -0.2) is 16.8 Å². The molecule has 2 nitrogen and oxygen atoms in total. The molecule has 1 unspecified atom stereocenters. The second kappa shape index (κ2) is 3.37. The number of carboxylic acid groups (broad SMARTS) is 1. The summed E-state index contributed by atoms with van der Waals surface area (Å²) in [5, 5.41) is 9.37. The van der Waals surface area contributed by atoms with E-state index in [1.165, 1.54) is 17.2 Å². The molecular weight excluding hydrogens is 156 g/mol. The first kappa shape index (κ1) is 7.28. The molecular formula is C5H8O2S2. The average Bonchev–Trinajstić information content (AvgIpc) is 1.90. The van der Waals surface area contributed by atoms with Crippen molar-refractivity contribution < 1.29 is 9.90 Å². The number of rotatable bonds is 0. The molecule has 0 saturated carbocycles. The molecule has 0 amide bonds. The van der Waals surface area contributed by atoms with Gasteiger partial charge in [0.25, 0.3) is 5.30 Å². The first-order valence-corrected chi connectivity index (χ1v) is 5.75. The maximum atomic E-state index is 10.2. The Hall–Kier alpha value is 0.170. The van der Waals surface area contributed by atoms with E-state index in [1.54, 1.807) is 0 Å². The number of hydrogen-bond acceptors (Lipinski definition) is 3. The third kappa shape index (κ3) is 2.10. The molecule has 1 atom stereocenters. The quantitative estimate of drug-likeness (QED) is 0.384. The van der Waals surface area contributed by atoms with Gasteiger partial charge in [-0.3, -0.25) is 0 Å². The van der Waals surface area contributed by atoms with Crippen LogP contribution in [0.5, 0.6) is 0 Å². The molecule has 0 N–H and O–H groups in total. The average molecular weight is 164 g/mol. The van der Waals surface area contributed by atoms with Crippen molar-refractivity contribution >= 4 is 26.0 Å². The molecule has 4 heteroatoms. The smallest absolute Gasteiger partial charge is 0.286 e. The van der Waals surface area contributed by atoms with Crippen LogP contribution in [0.3, 0.4) is 0 Å². The Balaban J connectivity index is 2.31. The molecule has 1 aliphatic heterocycles. The van der Waals surface area contributed by atoms with Crippen LogP contribution < -0.4 is 5.11 Å². The SMILES string of the molecule is O=C([O-])[S+]1CCCCS1. The summed E-state index contributed by atoms with van der Waals surface area (Å²) < 4.78 is 0. The maximum absolute atomic E-state index is 10.2. The van der Waals surface area contributed by atoms with E-state index in [0.717, 1.165) is 17.9 Å². The zero-order valence-electron chi connectivity index (χ0n) is 4.96. The summed E-state index contributed by atoms with van der Waals surface area (Å²) >= 11 is 0. The van der Waals surface area contributed by atoms with Crippen LogP contribution in [0.25, 0.3) is 0 Å². The third-order valence-electron chi connectivity index (χ3n) is 1.14. The molecule has 1 aliphatic rings. The van der Waals surface area contributed by atoms with Crippen molar-refractivity contribution in [2.75, 3.05) is 11.5 Å². The zero-order valence-corrected chi connectivity index (χ0v) is 6.59. The molecule has 0 aliphatic carbocycles. The van der Waals surface area contributed by atoms with E-state index in [1.807, 2.05) is 0 Å². The summed E-state index contributed by atoms with van der Waals surface area (Å²) in [4.78, 5) is 10.2. The summed E-state index contributed by atoms with van der Waals surface area (Å²) in [7, 11) is 1.06. The molecule has 0 radical (unpaired) electrons. The Bertz CT molecular complexity index is 110. The van der Waals surface area contributed by atoms with Gasteiger partial charge in [0.05, 0.1) is 10.8 Å². The Morgan fingerprint density at radius 2 is 2.33 bits per heavy atom. The molecule has 1 fully saturated rings. The summed E-state index contributed by atoms with van der Waals surface area (Å²) in [6, 6.07) is 0. The lowest BCUT2D eigenvalue weighted by atomic mass is 10.4. The van der Waals surface area contributed by atoms with E-state index in [-0.39, 0.29) is 0 Å². The van der Waals surface area contributed by atoms with Gasteiger partial charge in [0, 0.05) is 5.75 Å². The predicted molar refractivity (Wildman–Crippen MR) is 39.3 cm³/mol. The second-order valence-electron chi connectivity index (χ2n) is 1.83. The minimum absolute atomic E-state index is 0.474. The van der Waals surface area contributed by atoms with E-state index in [0.29, 0.717) is 0 Å². The van der Waals surface area contributed by atoms with Gasteiger partial charge in [-0.05, 0) is 12.8 Å². The number of carbonyl (C=O) groups is 1. The van der Waals surface area contributed by atoms with Gasteiger partial charge in [-0.15, -0.1) is 0 Å². The molecule has 0 bridgehead atoms. The zero-order chi connectivity index (χ0) is 6.69. The van der Waals surface area contributed by atoms with E-state index in [4.69, 9.17) is 0 Å². The lowest BCUT2D eigenvalue weighted by molar-refractivity contribution is -0.232. The standard InChI is InChI=1S/C5H8O2S2/c6-5(7)9-4-2-1-3-8-9/h1-4H2. The molecule has 0 aromatic carbocycles. The largest absolute Gasteiger partial charge is 0.503 e. The van der Waals surface area contributed by atoms with Gasteiger partial charge in [-0.2, -0.15) is 0 Å². The predicted octanol–water partition coefficient (Wildman–Crippen LogP) is 0.390. The first-order chi connectivity index (χ1) is 4.30. The summed E-state index contributed by atoms with van der Waals surface area (Å²) in [6.07, 6.45) is 2.23. The topological polar surface area (TPSA) is 40.1 Å². The second-order valence-corrected chi connectivity index (χ2v) is 5.82. The number of carbonyl (C=O) groups excluding carboxylic acids is 1. The molecule has 9 heavy (non-hydrogen) atoms. The van der Waals surface area contributed by atoms with E-state index < -0.39 is 15.2 Å². The van der Waals surface area contributed by atoms with Gasteiger partial charge < -0.3 is 9.90 Å². The van der Waals surface area contributed by atoms with Crippen molar-refractivity contribution in [1.29, 1.82) is 0 Å². The van der Waals surface area contributed by atoms with Crippen LogP contribution in [-0.2, 0) is 9.93 Å². The normalized spacial score (nSPS) is 27.8. The fourth-order valence-corrected chi connectivity index (χ4v) is 4.01. The fourth-order valence-electron chi connectivity index (χ4n) is 0.685. The van der Waals surface area contributed by atoms with Crippen molar-refractivity contribution in [3.05, 3.63) is 0 Å². The van der Waals surface area contributed by atoms with Crippen LogP contribution in [0.1, 0.15) is 12.8 Å². The Morgan fingerprint density at radius 1 is 1.56 bits per heavy atom. The highest BCUT2D eigenvalue weighted by Gasteiger charge is 2.25. The summed E-state index contributed by atoms with van der Waals surface area (Å²) in [5.41, 5.74) is 0. The third-order valence-corrected chi connectivity index (χ3v) is 5.17. The van der Waals surface area contributed by atoms with Crippen molar-refractivity contribution in [3.63, 3.8) is 0 Å². The van der Waals surface area contributed by atoms with E-state index in [2.05, 4.69) is 0 Å². The molecule has 1 heterocycles. The first-order valence-electron chi connectivity index (χ1n) is 2.86. The summed E-state index contributed by atoms with van der Waals surface area (Å²) in [5.74, 6) is 1.82. The van der Waals surface area contributed by atoms with Crippen molar-refractivity contribution in [2.24, 2.45) is 0 Å². The monoisotopic (exact) mass is 164 g/mol. The summed E-state index contributed by atoms with van der Waals surface area (Å²) in [6.45, 7) is 0. The highest BCUT2D eigenvalue weighted by molar-refractivity contribution is 8.79. The van der Waals surface area contributed by atoms with Crippen LogP contribution in [0.4, 0.5) is 4.79 Å². The molecule has 1 rings (SSSR count). The molecule has 0 aromatic rings. The van der Waals surface area contributed by atoms with E-state index >= 15 is 0 Å². The van der Waals surface area contributed by atoms with Gasteiger partial charge in [0.2, 0.25) is 0 Å². The highest BCUT2D eigenvalue weighted by Crippen LogP contribution is 2.24. The minimum atomic E-state index is -0.861. The van der Waals surface area contributed by atoms with Gasteiger partial charge in [-0.1, -0.05) is 0 Å². The Kier molecular flexibility index (Phi) is 2.72. The van der Waals surface area contributed by atoms with Crippen LogP contribution in [0.15, 0.2) is 0 Å². The highest BCUT2D eigenvalue weighted by atomic mass is 33.1. The van der Waals surface area contributed by atoms with Gasteiger partial charge >= 0.3 is 0 Å². The van der Waals surface area contributed by atoms with Crippen molar-refractivity contribution in [3.8, 4) is 0 Å². The molecule has 0 aromatic heterocycles.